The molecule has 5 rings (SSSR count). The number of para-hydroxylation sites is 1. The average Bonchev–Trinajstić information content (AvgIpc) is 3.47. The van der Waals surface area contributed by atoms with Crippen LogP contribution in [0.4, 0.5) is 11.4 Å². The molecule has 31 heavy (non-hydrogen) atoms. The number of rotatable bonds is 6. The third-order valence-corrected chi connectivity index (χ3v) is 7.89. The second-order valence-corrected chi connectivity index (χ2v) is 9.74. The van der Waals surface area contributed by atoms with Crippen LogP contribution >= 0.6 is 22.7 Å². The standard InChI is InChI=1S/C25H21N3OS2/c1-28(9-10-29-2)18-7-8-20-23(13-18)31-24-14-19(30-25(20)24)11-17(15-26)22-12-16-5-3-4-6-21(16)27-22/h3-8,11,13-14H,9-10,12H2,1-2H3/b17-11+. The van der Waals surface area contributed by atoms with Gasteiger partial charge in [0.05, 0.1) is 28.3 Å². The second-order valence-electron chi connectivity index (χ2n) is 7.57. The van der Waals surface area contributed by atoms with Crippen LogP contribution in [0.25, 0.3) is 25.6 Å². The molecule has 1 aliphatic heterocycles. The van der Waals surface area contributed by atoms with Crippen molar-refractivity contribution in [3.63, 3.8) is 0 Å². The number of aliphatic imine (C=N–C) groups is 1. The van der Waals surface area contributed by atoms with E-state index in [4.69, 9.17) is 4.74 Å². The van der Waals surface area contributed by atoms with E-state index < -0.39 is 0 Å². The van der Waals surface area contributed by atoms with Crippen molar-refractivity contribution < 1.29 is 4.74 Å². The van der Waals surface area contributed by atoms with E-state index in [0.717, 1.165) is 29.2 Å². The van der Waals surface area contributed by atoms with Crippen molar-refractivity contribution in [1.29, 1.82) is 5.26 Å². The number of benzene rings is 2. The smallest absolute Gasteiger partial charge is 0.101 e. The van der Waals surface area contributed by atoms with Crippen LogP contribution < -0.4 is 4.90 Å². The summed E-state index contributed by atoms with van der Waals surface area (Å²) in [5.41, 5.74) is 4.86. The zero-order valence-electron chi connectivity index (χ0n) is 17.4. The molecule has 0 amide bonds. The van der Waals surface area contributed by atoms with Gasteiger partial charge in [0, 0.05) is 52.5 Å². The summed E-state index contributed by atoms with van der Waals surface area (Å²) in [6.07, 6.45) is 2.71. The number of allylic oxidation sites excluding steroid dienone is 1. The molecular formula is C25H21N3OS2. The Labute approximate surface area is 189 Å². The fraction of sp³-hybridized carbons (Fsp3) is 0.200. The first kappa shape index (κ1) is 20.0. The maximum atomic E-state index is 9.76. The number of nitrogens with zero attached hydrogens (tertiary/aromatic N) is 3. The molecule has 0 aliphatic carbocycles. The van der Waals surface area contributed by atoms with Crippen molar-refractivity contribution >= 4 is 65.3 Å². The van der Waals surface area contributed by atoms with E-state index in [-0.39, 0.29) is 0 Å². The van der Waals surface area contributed by atoms with Gasteiger partial charge in [0.2, 0.25) is 0 Å². The fourth-order valence-electron chi connectivity index (χ4n) is 3.84. The molecule has 0 N–H and O–H groups in total. The molecule has 6 heteroatoms. The van der Waals surface area contributed by atoms with Crippen LogP contribution in [-0.4, -0.2) is 33.0 Å². The summed E-state index contributed by atoms with van der Waals surface area (Å²) in [5.74, 6) is 0. The number of thiophene rings is 2. The van der Waals surface area contributed by atoms with Crippen LogP contribution in [0.1, 0.15) is 10.4 Å². The summed E-state index contributed by atoms with van der Waals surface area (Å²) in [5, 5.41) is 11.0. The van der Waals surface area contributed by atoms with Gasteiger partial charge in [-0.15, -0.1) is 22.7 Å². The SMILES string of the molecule is COCCN(C)c1ccc2c(c1)sc1cc(/C=C(\C#N)C3=Nc4ccccc4C3)sc12. The van der Waals surface area contributed by atoms with Gasteiger partial charge in [0.15, 0.2) is 0 Å². The highest BCUT2D eigenvalue weighted by Crippen LogP contribution is 2.41. The minimum absolute atomic E-state index is 0.650. The van der Waals surface area contributed by atoms with Crippen LogP contribution in [0.15, 0.2) is 59.1 Å². The van der Waals surface area contributed by atoms with E-state index >= 15 is 0 Å². The lowest BCUT2D eigenvalue weighted by molar-refractivity contribution is 0.206. The van der Waals surface area contributed by atoms with E-state index in [1.54, 1.807) is 29.8 Å². The number of anilines is 1. The summed E-state index contributed by atoms with van der Waals surface area (Å²) in [7, 11) is 3.82. The molecule has 3 heterocycles. The Morgan fingerprint density at radius 2 is 2.06 bits per heavy atom. The molecule has 0 bridgehead atoms. The van der Waals surface area contributed by atoms with E-state index in [9.17, 15) is 5.26 Å². The maximum Gasteiger partial charge on any atom is 0.101 e. The van der Waals surface area contributed by atoms with Gasteiger partial charge in [-0.05, 0) is 35.9 Å². The summed E-state index contributed by atoms with van der Waals surface area (Å²) >= 11 is 3.55. The highest BCUT2D eigenvalue weighted by Gasteiger charge is 2.18. The first-order valence-electron chi connectivity index (χ1n) is 10.1. The molecule has 0 radical (unpaired) electrons. The van der Waals surface area contributed by atoms with Crippen molar-refractivity contribution in [3.8, 4) is 6.07 Å². The lowest BCUT2D eigenvalue weighted by atomic mass is 10.0. The quantitative estimate of drug-likeness (QED) is 0.322. The first-order valence-corrected chi connectivity index (χ1v) is 11.7. The number of hydrogen-bond acceptors (Lipinski definition) is 6. The fourth-order valence-corrected chi connectivity index (χ4v) is 6.35. The van der Waals surface area contributed by atoms with E-state index in [2.05, 4.69) is 53.3 Å². The molecule has 4 nitrogen and oxygen atoms in total. The third kappa shape index (κ3) is 3.77. The van der Waals surface area contributed by atoms with E-state index in [1.165, 1.54) is 30.7 Å². The molecule has 2 aromatic carbocycles. The Bertz CT molecular complexity index is 1390. The minimum Gasteiger partial charge on any atom is -0.383 e. The van der Waals surface area contributed by atoms with Gasteiger partial charge in [0.1, 0.15) is 6.07 Å². The predicted octanol–water partition coefficient (Wildman–Crippen LogP) is 6.43. The molecule has 0 atom stereocenters. The van der Waals surface area contributed by atoms with Crippen LogP contribution in [-0.2, 0) is 11.2 Å². The lowest BCUT2D eigenvalue weighted by Crippen LogP contribution is -2.21. The van der Waals surface area contributed by atoms with Crippen molar-refractivity contribution in [2.24, 2.45) is 4.99 Å². The Kier molecular flexibility index (Phi) is 5.33. The zero-order valence-corrected chi connectivity index (χ0v) is 19.0. The van der Waals surface area contributed by atoms with Gasteiger partial charge in [-0.2, -0.15) is 5.26 Å². The molecule has 4 aromatic rings. The molecule has 0 unspecified atom stereocenters. The van der Waals surface area contributed by atoms with Gasteiger partial charge in [-0.1, -0.05) is 24.3 Å². The Hall–Kier alpha value is -2.98. The third-order valence-electron chi connectivity index (χ3n) is 5.54. The van der Waals surface area contributed by atoms with Crippen molar-refractivity contribution in [3.05, 3.63) is 64.5 Å². The van der Waals surface area contributed by atoms with Crippen molar-refractivity contribution in [1.82, 2.24) is 0 Å². The number of hydrogen-bond donors (Lipinski definition) is 0. The number of likely N-dealkylation sites (N-methyl/N-ethyl adjacent to an activating group) is 1. The average molecular weight is 444 g/mol. The number of nitriles is 1. The van der Waals surface area contributed by atoms with Crippen LogP contribution in [0.5, 0.6) is 0 Å². The molecular weight excluding hydrogens is 422 g/mol. The molecule has 0 saturated heterocycles. The minimum atomic E-state index is 0.650. The number of fused-ring (bicyclic) bond motifs is 4. The van der Waals surface area contributed by atoms with Crippen molar-refractivity contribution in [2.45, 2.75) is 6.42 Å². The molecule has 0 saturated carbocycles. The van der Waals surface area contributed by atoms with E-state index in [1.807, 2.05) is 24.3 Å². The highest BCUT2D eigenvalue weighted by atomic mass is 32.1. The Balaban J connectivity index is 1.45. The monoisotopic (exact) mass is 443 g/mol. The summed E-state index contributed by atoms with van der Waals surface area (Å²) in [6, 6.07) is 19.3. The zero-order chi connectivity index (χ0) is 21.4. The van der Waals surface area contributed by atoms with Gasteiger partial charge in [-0.3, -0.25) is 4.99 Å². The molecule has 154 valence electrons. The van der Waals surface area contributed by atoms with Crippen LogP contribution in [0, 0.1) is 11.3 Å². The van der Waals surface area contributed by atoms with Gasteiger partial charge in [0.25, 0.3) is 0 Å². The normalized spacial score (nSPS) is 13.5. The molecule has 1 aliphatic rings. The Morgan fingerprint density at radius 1 is 1.19 bits per heavy atom. The summed E-state index contributed by atoms with van der Waals surface area (Å²) in [6.45, 7) is 1.57. The van der Waals surface area contributed by atoms with Crippen molar-refractivity contribution in [2.75, 3.05) is 32.2 Å². The topological polar surface area (TPSA) is 48.6 Å². The maximum absolute atomic E-state index is 9.76. The second kappa shape index (κ2) is 8.27. The van der Waals surface area contributed by atoms with Gasteiger partial charge < -0.3 is 9.64 Å². The molecule has 0 fully saturated rings. The summed E-state index contributed by atoms with van der Waals surface area (Å²) in [4.78, 5) is 7.99. The van der Waals surface area contributed by atoms with Crippen LogP contribution in [0.3, 0.4) is 0 Å². The Morgan fingerprint density at radius 3 is 2.87 bits per heavy atom. The molecule has 2 aromatic heterocycles. The lowest BCUT2D eigenvalue weighted by Gasteiger charge is -2.18. The van der Waals surface area contributed by atoms with E-state index in [0.29, 0.717) is 12.2 Å². The largest absolute Gasteiger partial charge is 0.383 e. The number of methoxy groups -OCH3 is 1. The van der Waals surface area contributed by atoms with Gasteiger partial charge in [-0.25, -0.2) is 0 Å². The first-order chi connectivity index (χ1) is 15.2. The molecule has 0 spiro atoms. The number of ether oxygens (including phenoxy) is 1. The summed E-state index contributed by atoms with van der Waals surface area (Å²) < 4.78 is 9.02. The van der Waals surface area contributed by atoms with Crippen LogP contribution in [0.2, 0.25) is 0 Å². The van der Waals surface area contributed by atoms with Gasteiger partial charge >= 0.3 is 0 Å². The highest BCUT2D eigenvalue weighted by molar-refractivity contribution is 7.33. The predicted molar refractivity (Wildman–Crippen MR) is 133 cm³/mol.